The van der Waals surface area contributed by atoms with E-state index in [1.165, 1.54) is 0 Å². The van der Waals surface area contributed by atoms with E-state index in [1.54, 1.807) is 36.2 Å². The SMILES string of the molecule is CCOc1ccc(C(=O)CCC(=O)N(C)Cc2nc3ccccc3[nH]2)cc1. The number of aromatic amines is 1. The fraction of sp³-hybridized carbons (Fsp3) is 0.286. The lowest BCUT2D eigenvalue weighted by Crippen LogP contribution is -2.27. The first kappa shape index (κ1) is 18.6. The van der Waals surface area contributed by atoms with Crippen LogP contribution in [0.25, 0.3) is 11.0 Å². The number of benzene rings is 2. The Kier molecular flexibility index (Phi) is 5.86. The van der Waals surface area contributed by atoms with Gasteiger partial charge in [-0.15, -0.1) is 0 Å². The van der Waals surface area contributed by atoms with Gasteiger partial charge in [0.05, 0.1) is 24.2 Å². The van der Waals surface area contributed by atoms with Crippen LogP contribution in [0.2, 0.25) is 0 Å². The van der Waals surface area contributed by atoms with Gasteiger partial charge in [0.15, 0.2) is 5.78 Å². The Morgan fingerprint density at radius 2 is 1.81 bits per heavy atom. The van der Waals surface area contributed by atoms with Crippen molar-refractivity contribution >= 4 is 22.7 Å². The average Bonchev–Trinajstić information content (AvgIpc) is 3.08. The molecule has 0 saturated carbocycles. The molecule has 0 atom stereocenters. The first-order valence-corrected chi connectivity index (χ1v) is 9.00. The van der Waals surface area contributed by atoms with Gasteiger partial charge in [0.2, 0.25) is 5.91 Å². The number of rotatable bonds is 8. The second kappa shape index (κ2) is 8.49. The highest BCUT2D eigenvalue weighted by molar-refractivity contribution is 5.98. The van der Waals surface area contributed by atoms with Crippen LogP contribution in [-0.4, -0.2) is 40.2 Å². The van der Waals surface area contributed by atoms with E-state index in [0.717, 1.165) is 22.6 Å². The number of H-pyrrole nitrogens is 1. The summed E-state index contributed by atoms with van der Waals surface area (Å²) >= 11 is 0. The third-order valence-electron chi connectivity index (χ3n) is 4.30. The summed E-state index contributed by atoms with van der Waals surface area (Å²) in [6.45, 7) is 2.87. The van der Waals surface area contributed by atoms with Crippen LogP contribution in [-0.2, 0) is 11.3 Å². The van der Waals surface area contributed by atoms with Crippen molar-refractivity contribution in [2.24, 2.45) is 0 Å². The quantitative estimate of drug-likeness (QED) is 0.619. The van der Waals surface area contributed by atoms with E-state index in [4.69, 9.17) is 4.74 Å². The van der Waals surface area contributed by atoms with Gasteiger partial charge in [0.25, 0.3) is 0 Å². The Labute approximate surface area is 158 Å². The highest BCUT2D eigenvalue weighted by Gasteiger charge is 2.14. The summed E-state index contributed by atoms with van der Waals surface area (Å²) in [6, 6.07) is 14.7. The maximum absolute atomic E-state index is 12.3. The highest BCUT2D eigenvalue weighted by Crippen LogP contribution is 2.15. The van der Waals surface area contributed by atoms with E-state index < -0.39 is 0 Å². The first-order valence-electron chi connectivity index (χ1n) is 9.00. The molecule has 0 bridgehead atoms. The molecule has 0 fully saturated rings. The number of hydrogen-bond donors (Lipinski definition) is 1. The summed E-state index contributed by atoms with van der Waals surface area (Å²) in [5.41, 5.74) is 2.41. The monoisotopic (exact) mass is 365 g/mol. The lowest BCUT2D eigenvalue weighted by molar-refractivity contribution is -0.130. The van der Waals surface area contributed by atoms with E-state index in [2.05, 4.69) is 9.97 Å². The van der Waals surface area contributed by atoms with Crippen LogP contribution in [0.5, 0.6) is 5.75 Å². The second-order valence-electron chi connectivity index (χ2n) is 6.33. The van der Waals surface area contributed by atoms with Gasteiger partial charge in [-0.1, -0.05) is 12.1 Å². The largest absolute Gasteiger partial charge is 0.494 e. The minimum atomic E-state index is -0.0882. The number of hydrogen-bond acceptors (Lipinski definition) is 4. The predicted octanol–water partition coefficient (Wildman–Crippen LogP) is 3.58. The zero-order valence-electron chi connectivity index (χ0n) is 15.6. The first-order chi connectivity index (χ1) is 13.1. The Balaban J connectivity index is 1.52. The number of Topliss-reactive ketones (excluding diaryl/α,β-unsaturated/α-hetero) is 1. The van der Waals surface area contributed by atoms with Crippen LogP contribution < -0.4 is 4.74 Å². The minimum Gasteiger partial charge on any atom is -0.494 e. The molecular weight excluding hydrogens is 342 g/mol. The Hall–Kier alpha value is -3.15. The number of ketones is 1. The number of imidazole rings is 1. The topological polar surface area (TPSA) is 75.3 Å². The standard InChI is InChI=1S/C21H23N3O3/c1-3-27-16-10-8-15(9-11-16)19(25)12-13-21(26)24(2)14-20-22-17-6-4-5-7-18(17)23-20/h4-11H,3,12-14H2,1-2H3,(H,22,23). The molecule has 140 valence electrons. The van der Waals surface area contributed by atoms with Crippen molar-refractivity contribution in [3.8, 4) is 5.75 Å². The van der Waals surface area contributed by atoms with Crippen LogP contribution >= 0.6 is 0 Å². The summed E-state index contributed by atoms with van der Waals surface area (Å²) in [5, 5.41) is 0. The van der Waals surface area contributed by atoms with E-state index in [0.29, 0.717) is 18.7 Å². The number of carbonyl (C=O) groups is 2. The summed E-state index contributed by atoms with van der Waals surface area (Å²) in [6.07, 6.45) is 0.347. The number of nitrogens with zero attached hydrogens (tertiary/aromatic N) is 2. The molecule has 0 unspecified atom stereocenters. The van der Waals surface area contributed by atoms with E-state index in [-0.39, 0.29) is 24.5 Å². The molecule has 0 aliphatic heterocycles. The van der Waals surface area contributed by atoms with E-state index >= 15 is 0 Å². The van der Waals surface area contributed by atoms with Gasteiger partial charge in [-0.2, -0.15) is 0 Å². The van der Waals surface area contributed by atoms with E-state index in [9.17, 15) is 9.59 Å². The zero-order valence-corrected chi connectivity index (χ0v) is 15.6. The van der Waals surface area contributed by atoms with Crippen molar-refractivity contribution in [3.05, 3.63) is 59.9 Å². The molecule has 0 aliphatic rings. The Morgan fingerprint density at radius 1 is 1.07 bits per heavy atom. The zero-order chi connectivity index (χ0) is 19.2. The van der Waals surface area contributed by atoms with Crippen LogP contribution in [0.3, 0.4) is 0 Å². The van der Waals surface area contributed by atoms with Gasteiger partial charge in [-0.3, -0.25) is 9.59 Å². The van der Waals surface area contributed by atoms with Gasteiger partial charge < -0.3 is 14.6 Å². The molecule has 0 saturated heterocycles. The minimum absolute atomic E-state index is 0.0523. The van der Waals surface area contributed by atoms with Gasteiger partial charge >= 0.3 is 0 Å². The molecule has 0 radical (unpaired) electrons. The van der Waals surface area contributed by atoms with Crippen LogP contribution in [0.4, 0.5) is 0 Å². The third-order valence-corrected chi connectivity index (χ3v) is 4.30. The number of fused-ring (bicyclic) bond motifs is 1. The lowest BCUT2D eigenvalue weighted by Gasteiger charge is -2.15. The summed E-state index contributed by atoms with van der Waals surface area (Å²) in [4.78, 5) is 33.9. The number of amides is 1. The Bertz CT molecular complexity index is 898. The van der Waals surface area contributed by atoms with Gasteiger partial charge in [0, 0.05) is 25.5 Å². The van der Waals surface area contributed by atoms with Crippen molar-refractivity contribution in [2.75, 3.05) is 13.7 Å². The normalized spacial score (nSPS) is 10.7. The highest BCUT2D eigenvalue weighted by atomic mass is 16.5. The van der Waals surface area contributed by atoms with Crippen molar-refractivity contribution in [1.29, 1.82) is 0 Å². The number of nitrogens with one attached hydrogen (secondary N) is 1. The fourth-order valence-corrected chi connectivity index (χ4v) is 2.85. The van der Waals surface area contributed by atoms with Gasteiger partial charge in [-0.05, 0) is 43.3 Å². The molecule has 3 aromatic rings. The van der Waals surface area contributed by atoms with Crippen molar-refractivity contribution in [1.82, 2.24) is 14.9 Å². The fourth-order valence-electron chi connectivity index (χ4n) is 2.85. The van der Waals surface area contributed by atoms with Crippen LogP contribution in [0.1, 0.15) is 35.9 Å². The molecule has 6 heteroatoms. The Morgan fingerprint density at radius 3 is 2.52 bits per heavy atom. The molecule has 3 rings (SSSR count). The molecule has 27 heavy (non-hydrogen) atoms. The molecule has 1 amide bonds. The number of ether oxygens (including phenoxy) is 1. The molecule has 6 nitrogen and oxygen atoms in total. The predicted molar refractivity (Wildman–Crippen MR) is 104 cm³/mol. The van der Waals surface area contributed by atoms with Crippen LogP contribution in [0.15, 0.2) is 48.5 Å². The van der Waals surface area contributed by atoms with E-state index in [1.807, 2.05) is 31.2 Å². The summed E-state index contributed by atoms with van der Waals surface area (Å²) in [5.74, 6) is 1.32. The van der Waals surface area contributed by atoms with Crippen molar-refractivity contribution in [3.63, 3.8) is 0 Å². The molecule has 0 spiro atoms. The third kappa shape index (κ3) is 4.73. The average molecular weight is 365 g/mol. The summed E-state index contributed by atoms with van der Waals surface area (Å²) in [7, 11) is 1.72. The molecule has 2 aromatic carbocycles. The maximum Gasteiger partial charge on any atom is 0.223 e. The maximum atomic E-state index is 12.3. The lowest BCUT2D eigenvalue weighted by atomic mass is 10.1. The molecule has 0 aliphatic carbocycles. The van der Waals surface area contributed by atoms with Crippen molar-refractivity contribution in [2.45, 2.75) is 26.3 Å². The van der Waals surface area contributed by atoms with Crippen LogP contribution in [0, 0.1) is 0 Å². The second-order valence-corrected chi connectivity index (χ2v) is 6.33. The molecule has 1 aromatic heterocycles. The number of carbonyl (C=O) groups excluding carboxylic acids is 2. The molecule has 1 heterocycles. The smallest absolute Gasteiger partial charge is 0.223 e. The summed E-state index contributed by atoms with van der Waals surface area (Å²) < 4.78 is 5.37. The van der Waals surface area contributed by atoms with Gasteiger partial charge in [0.1, 0.15) is 11.6 Å². The number of para-hydroxylation sites is 2. The number of aromatic nitrogens is 2. The van der Waals surface area contributed by atoms with Gasteiger partial charge in [-0.25, -0.2) is 4.98 Å². The molecule has 1 N–H and O–H groups in total. The molecular formula is C21H23N3O3. The van der Waals surface area contributed by atoms with Crippen molar-refractivity contribution < 1.29 is 14.3 Å².